The lowest BCUT2D eigenvalue weighted by atomic mass is 10.1. The van der Waals surface area contributed by atoms with Crippen LogP contribution in [0.3, 0.4) is 0 Å². The molecule has 0 aliphatic rings. The maximum Gasteiger partial charge on any atom is 0.234 e. The number of aromatic nitrogens is 3. The first-order valence-corrected chi connectivity index (χ1v) is 9.76. The predicted octanol–water partition coefficient (Wildman–Crippen LogP) is 4.62. The number of amides is 1. The minimum absolute atomic E-state index is 0.137. The number of thioether (sulfide) groups is 1. The summed E-state index contributed by atoms with van der Waals surface area (Å²) in [7, 11) is 0. The van der Waals surface area contributed by atoms with Crippen LogP contribution in [0.2, 0.25) is 0 Å². The van der Waals surface area contributed by atoms with Crippen LogP contribution in [0, 0.1) is 19.7 Å². The molecule has 144 valence electrons. The summed E-state index contributed by atoms with van der Waals surface area (Å²) in [5, 5.41) is 11.9. The van der Waals surface area contributed by atoms with E-state index in [4.69, 9.17) is 0 Å². The first kappa shape index (κ1) is 19.8. The Morgan fingerprint density at radius 2 is 2.07 bits per heavy atom. The van der Waals surface area contributed by atoms with Crippen molar-refractivity contribution >= 4 is 23.4 Å². The Balaban J connectivity index is 1.72. The van der Waals surface area contributed by atoms with Crippen LogP contribution in [-0.2, 0) is 11.3 Å². The molecular formula is C21H21FN4OS. The molecule has 0 fully saturated rings. The number of anilines is 1. The monoisotopic (exact) mass is 396 g/mol. The van der Waals surface area contributed by atoms with Crippen molar-refractivity contribution in [3.05, 3.63) is 72.1 Å². The smallest absolute Gasteiger partial charge is 0.234 e. The summed E-state index contributed by atoms with van der Waals surface area (Å²) in [5.41, 5.74) is 3.06. The van der Waals surface area contributed by atoms with Gasteiger partial charge in [0.25, 0.3) is 0 Å². The van der Waals surface area contributed by atoms with Gasteiger partial charge in [-0.3, -0.25) is 9.36 Å². The average Bonchev–Trinajstić information content (AvgIpc) is 3.06. The number of allylic oxidation sites excluding steroid dienone is 1. The molecule has 0 aliphatic carbocycles. The van der Waals surface area contributed by atoms with Crippen LogP contribution in [0.4, 0.5) is 10.1 Å². The molecule has 3 aromatic rings. The first-order valence-electron chi connectivity index (χ1n) is 8.78. The fourth-order valence-corrected chi connectivity index (χ4v) is 3.43. The fourth-order valence-electron chi connectivity index (χ4n) is 2.68. The molecule has 0 atom stereocenters. The van der Waals surface area contributed by atoms with E-state index in [9.17, 15) is 9.18 Å². The fraction of sp³-hybridized carbons (Fsp3) is 0.190. The number of nitrogens with one attached hydrogen (secondary N) is 1. The highest BCUT2D eigenvalue weighted by Gasteiger charge is 2.15. The molecule has 0 aliphatic heterocycles. The molecule has 5 nitrogen and oxygen atoms in total. The molecule has 3 rings (SSSR count). The largest absolute Gasteiger partial charge is 0.325 e. The highest BCUT2D eigenvalue weighted by molar-refractivity contribution is 7.99. The van der Waals surface area contributed by atoms with Crippen LogP contribution in [0.15, 0.2) is 60.3 Å². The van der Waals surface area contributed by atoms with Gasteiger partial charge in [-0.25, -0.2) is 4.39 Å². The number of hydrogen-bond donors (Lipinski definition) is 1. The Morgan fingerprint density at radius 3 is 2.79 bits per heavy atom. The Morgan fingerprint density at radius 1 is 1.25 bits per heavy atom. The van der Waals surface area contributed by atoms with E-state index in [1.54, 1.807) is 25.1 Å². The second kappa shape index (κ2) is 8.84. The number of hydrogen-bond acceptors (Lipinski definition) is 4. The zero-order valence-corrected chi connectivity index (χ0v) is 16.6. The molecule has 0 spiro atoms. The Bertz CT molecular complexity index is 1020. The van der Waals surface area contributed by atoms with Crippen LogP contribution < -0.4 is 5.32 Å². The summed E-state index contributed by atoms with van der Waals surface area (Å²) in [6, 6.07) is 12.6. The third-order valence-corrected chi connectivity index (χ3v) is 5.06. The lowest BCUT2D eigenvalue weighted by Gasteiger charge is -2.09. The highest BCUT2D eigenvalue weighted by atomic mass is 32.2. The molecule has 0 saturated carbocycles. The summed E-state index contributed by atoms with van der Waals surface area (Å²) in [4.78, 5) is 12.2. The average molecular weight is 396 g/mol. The summed E-state index contributed by atoms with van der Waals surface area (Å²) in [5.74, 6) is 0.281. The zero-order valence-electron chi connectivity index (χ0n) is 15.8. The van der Waals surface area contributed by atoms with Crippen molar-refractivity contribution < 1.29 is 9.18 Å². The molecule has 1 aromatic heterocycles. The lowest BCUT2D eigenvalue weighted by molar-refractivity contribution is -0.113. The number of halogens is 1. The highest BCUT2D eigenvalue weighted by Crippen LogP contribution is 2.25. The second-order valence-electron chi connectivity index (χ2n) is 6.38. The van der Waals surface area contributed by atoms with E-state index in [0.29, 0.717) is 23.0 Å². The molecule has 1 amide bonds. The van der Waals surface area contributed by atoms with Gasteiger partial charge in [0.1, 0.15) is 5.82 Å². The van der Waals surface area contributed by atoms with E-state index in [0.717, 1.165) is 17.0 Å². The van der Waals surface area contributed by atoms with Crippen LogP contribution in [-0.4, -0.2) is 26.4 Å². The molecular weight excluding hydrogens is 375 g/mol. The third-order valence-electron chi connectivity index (χ3n) is 4.09. The second-order valence-corrected chi connectivity index (χ2v) is 7.32. The number of aryl methyl sites for hydroxylation is 2. The van der Waals surface area contributed by atoms with E-state index in [-0.39, 0.29) is 17.5 Å². The van der Waals surface area contributed by atoms with Crippen LogP contribution in [0.1, 0.15) is 11.1 Å². The predicted molar refractivity (Wildman–Crippen MR) is 111 cm³/mol. The maximum atomic E-state index is 13.6. The number of carbonyl (C=O) groups excluding carboxylic acids is 1. The molecule has 0 unspecified atom stereocenters. The zero-order chi connectivity index (χ0) is 20.1. The van der Waals surface area contributed by atoms with Gasteiger partial charge in [-0.1, -0.05) is 47.7 Å². The SMILES string of the molecule is C=CCn1c(SCC(=O)Nc2ccc(C)c(F)c2)nnc1-c1cccc(C)c1. The maximum absolute atomic E-state index is 13.6. The van der Waals surface area contributed by atoms with Crippen molar-refractivity contribution in [1.29, 1.82) is 0 Å². The van der Waals surface area contributed by atoms with Crippen molar-refractivity contribution in [3.8, 4) is 11.4 Å². The normalized spacial score (nSPS) is 10.7. The van der Waals surface area contributed by atoms with Crippen molar-refractivity contribution in [2.45, 2.75) is 25.5 Å². The van der Waals surface area contributed by atoms with Gasteiger partial charge in [0.2, 0.25) is 5.91 Å². The lowest BCUT2D eigenvalue weighted by Crippen LogP contribution is -2.15. The van der Waals surface area contributed by atoms with Crippen LogP contribution in [0.5, 0.6) is 0 Å². The van der Waals surface area contributed by atoms with Crippen molar-refractivity contribution in [2.24, 2.45) is 0 Å². The Labute approximate surface area is 167 Å². The van der Waals surface area contributed by atoms with E-state index in [1.807, 2.05) is 35.8 Å². The quantitative estimate of drug-likeness (QED) is 0.468. The van der Waals surface area contributed by atoms with Crippen molar-refractivity contribution in [3.63, 3.8) is 0 Å². The molecule has 7 heteroatoms. The molecule has 1 N–H and O–H groups in total. The van der Waals surface area contributed by atoms with Gasteiger partial charge in [-0.2, -0.15) is 0 Å². The topological polar surface area (TPSA) is 59.8 Å². The molecule has 1 heterocycles. The van der Waals surface area contributed by atoms with Crippen molar-refractivity contribution in [2.75, 3.05) is 11.1 Å². The molecule has 2 aromatic carbocycles. The van der Waals surface area contributed by atoms with Crippen molar-refractivity contribution in [1.82, 2.24) is 14.8 Å². The minimum atomic E-state index is -0.348. The summed E-state index contributed by atoms with van der Waals surface area (Å²) < 4.78 is 15.5. The van der Waals surface area contributed by atoms with E-state index >= 15 is 0 Å². The van der Waals surface area contributed by atoms with E-state index in [1.165, 1.54) is 17.8 Å². The molecule has 28 heavy (non-hydrogen) atoms. The van der Waals surface area contributed by atoms with Gasteiger partial charge in [-0.15, -0.1) is 16.8 Å². The van der Waals surface area contributed by atoms with Crippen LogP contribution in [0.25, 0.3) is 11.4 Å². The Kier molecular flexibility index (Phi) is 6.26. The van der Waals surface area contributed by atoms with E-state index in [2.05, 4.69) is 22.1 Å². The van der Waals surface area contributed by atoms with E-state index < -0.39 is 0 Å². The number of carbonyl (C=O) groups is 1. The number of rotatable bonds is 7. The summed E-state index contributed by atoms with van der Waals surface area (Å²) in [6.45, 7) is 8.02. The van der Waals surface area contributed by atoms with Gasteiger partial charge in [0, 0.05) is 17.8 Å². The van der Waals surface area contributed by atoms with Gasteiger partial charge >= 0.3 is 0 Å². The third kappa shape index (κ3) is 4.67. The number of nitrogens with zero attached hydrogens (tertiary/aromatic N) is 3. The number of benzene rings is 2. The van der Waals surface area contributed by atoms with Gasteiger partial charge < -0.3 is 5.32 Å². The summed E-state index contributed by atoms with van der Waals surface area (Å²) >= 11 is 1.28. The van der Waals surface area contributed by atoms with Gasteiger partial charge in [-0.05, 0) is 37.6 Å². The molecule has 0 saturated heterocycles. The standard InChI is InChI=1S/C21H21FN4OS/c1-4-10-26-20(16-7-5-6-14(2)11-16)24-25-21(26)28-13-19(27)23-17-9-8-15(3)18(22)12-17/h4-9,11-12H,1,10,13H2,2-3H3,(H,23,27). The van der Waals surface area contributed by atoms with Gasteiger partial charge in [0.15, 0.2) is 11.0 Å². The first-order chi connectivity index (χ1) is 13.5. The summed E-state index contributed by atoms with van der Waals surface area (Å²) in [6.07, 6.45) is 1.77. The van der Waals surface area contributed by atoms with Gasteiger partial charge in [0.05, 0.1) is 5.75 Å². The molecule has 0 bridgehead atoms. The Hall–Kier alpha value is -2.93. The minimum Gasteiger partial charge on any atom is -0.325 e. The molecule has 0 radical (unpaired) electrons. The van der Waals surface area contributed by atoms with Crippen LogP contribution >= 0.6 is 11.8 Å².